The van der Waals surface area contributed by atoms with Gasteiger partial charge in [0.15, 0.2) is 0 Å². The molecule has 0 amide bonds. The fraction of sp³-hybridized carbons (Fsp3) is 0.200. The third-order valence-electron chi connectivity index (χ3n) is 4.86. The number of fused-ring (bicyclic) bond motifs is 1. The summed E-state index contributed by atoms with van der Waals surface area (Å²) in [5.41, 5.74) is 6.50. The third-order valence-corrected chi connectivity index (χ3v) is 4.86. The first kappa shape index (κ1) is 33.8. The van der Waals surface area contributed by atoms with E-state index in [1.807, 2.05) is 24.4 Å². The van der Waals surface area contributed by atoms with Gasteiger partial charge in [-0.3, -0.25) is 11.1 Å². The summed E-state index contributed by atoms with van der Waals surface area (Å²) in [5.74, 6) is 0.560. The number of hydrogen-bond donors (Lipinski definition) is 0. The van der Waals surface area contributed by atoms with Crippen LogP contribution in [0.4, 0.5) is 0 Å². The largest absolute Gasteiger partial charge is 0.267 e. The maximum Gasteiger partial charge on any atom is 0.0265 e. The summed E-state index contributed by atoms with van der Waals surface area (Å²) in [6.07, 6.45) is 5.19. The van der Waals surface area contributed by atoms with Crippen LogP contribution in [0, 0.1) is 26.8 Å². The third kappa shape index (κ3) is 8.35. The second kappa shape index (κ2) is 16.8. The number of pyridine rings is 1. The maximum absolute atomic E-state index is 4.37. The minimum atomic E-state index is 0. The summed E-state index contributed by atoms with van der Waals surface area (Å²) >= 11 is 1.36. The van der Waals surface area contributed by atoms with E-state index in [4.69, 9.17) is 0 Å². The number of nitrogens with zero attached hydrogens (tertiary/aromatic N) is 1. The van der Waals surface area contributed by atoms with E-state index in [1.165, 1.54) is 56.4 Å². The van der Waals surface area contributed by atoms with E-state index in [0.717, 1.165) is 5.69 Å². The molecule has 1 heterocycles. The van der Waals surface area contributed by atoms with Crippen molar-refractivity contribution in [1.82, 2.24) is 4.98 Å². The van der Waals surface area contributed by atoms with Gasteiger partial charge in [-0.05, 0) is 12.1 Å². The zero-order valence-corrected chi connectivity index (χ0v) is 23.7. The average Bonchev–Trinajstić information content (AvgIpc) is 3.22. The SMILES string of the molecule is CC1=[C-]C(C)C(C)=C1C.Cl.Cl.[CH3-].[CH3-].[Si]=[Zr].c1ccc(-c2c[cH-]c3ccccc23)nc1. The van der Waals surface area contributed by atoms with E-state index < -0.39 is 0 Å². The molecule has 1 unspecified atom stereocenters. The summed E-state index contributed by atoms with van der Waals surface area (Å²) in [5, 5.41) is 2.55. The van der Waals surface area contributed by atoms with Crippen LogP contribution in [0.3, 0.4) is 0 Å². The van der Waals surface area contributed by atoms with E-state index in [-0.39, 0.29) is 39.7 Å². The molecule has 3 aromatic rings. The van der Waals surface area contributed by atoms with Crippen LogP contribution in [0.5, 0.6) is 0 Å². The molecule has 1 aliphatic rings. The maximum atomic E-state index is 4.37. The van der Waals surface area contributed by atoms with Crippen molar-refractivity contribution < 1.29 is 23.3 Å². The molecule has 0 aliphatic heterocycles. The molecule has 1 nitrogen and oxygen atoms in total. The molecular weight excluding hydrogens is 504 g/mol. The number of allylic oxidation sites excluding steroid dienone is 4. The van der Waals surface area contributed by atoms with Crippen LogP contribution in [-0.2, 0) is 23.3 Å². The molecule has 0 bridgehead atoms. The average molecular weight is 536 g/mol. The predicted octanol–water partition coefficient (Wildman–Crippen LogP) is 7.70. The summed E-state index contributed by atoms with van der Waals surface area (Å²) in [6, 6.07) is 18.7. The monoisotopic (exact) mass is 533 g/mol. The van der Waals surface area contributed by atoms with Gasteiger partial charge in [-0.1, -0.05) is 38.8 Å². The minimum Gasteiger partial charge on any atom is -0.267 e. The van der Waals surface area contributed by atoms with E-state index in [9.17, 15) is 0 Å². The van der Waals surface area contributed by atoms with Crippen molar-refractivity contribution in [2.24, 2.45) is 5.92 Å². The van der Waals surface area contributed by atoms with Gasteiger partial charge in [0, 0.05) is 11.9 Å². The summed E-state index contributed by atoms with van der Waals surface area (Å²) < 4.78 is 0. The first-order chi connectivity index (χ1) is 12.6. The molecule has 0 spiro atoms. The Balaban J connectivity index is -0.000000431. The molecule has 162 valence electrons. The molecule has 2 aromatic carbocycles. The fourth-order valence-electron chi connectivity index (χ4n) is 3.06. The molecule has 0 saturated heterocycles. The number of aromatic nitrogens is 1. The Morgan fingerprint density at radius 3 is 2.03 bits per heavy atom. The smallest absolute Gasteiger partial charge is 0.0265 e. The first-order valence-electron chi connectivity index (χ1n) is 8.66. The zero-order valence-electron chi connectivity index (χ0n) is 18.6. The molecule has 1 aliphatic carbocycles. The molecule has 0 fully saturated rings. The molecular formula is C25H31Cl2NSiZr-4. The van der Waals surface area contributed by atoms with Crippen molar-refractivity contribution in [3.8, 4) is 11.3 Å². The first-order valence-corrected chi connectivity index (χ1v) is 12.9. The van der Waals surface area contributed by atoms with Crippen molar-refractivity contribution in [3.63, 3.8) is 0 Å². The topological polar surface area (TPSA) is 12.9 Å². The van der Waals surface area contributed by atoms with Gasteiger partial charge < -0.3 is 14.9 Å². The molecule has 1 aromatic heterocycles. The van der Waals surface area contributed by atoms with Gasteiger partial charge in [0.1, 0.15) is 0 Å². The minimum absolute atomic E-state index is 0. The Hall–Kier alpha value is -0.860. The van der Waals surface area contributed by atoms with Crippen LogP contribution in [0.1, 0.15) is 27.7 Å². The Kier molecular flexibility index (Phi) is 18.9. The number of halogens is 2. The second-order valence-corrected chi connectivity index (χ2v) is 6.35. The normalized spacial score (nSPS) is 13.6. The Labute approximate surface area is 212 Å². The van der Waals surface area contributed by atoms with E-state index in [1.54, 1.807) is 0 Å². The van der Waals surface area contributed by atoms with E-state index in [0.29, 0.717) is 5.92 Å². The van der Waals surface area contributed by atoms with Crippen molar-refractivity contribution in [3.05, 3.63) is 98.4 Å². The fourth-order valence-corrected chi connectivity index (χ4v) is 3.06. The summed E-state index contributed by atoms with van der Waals surface area (Å²) in [7, 11) is 0. The van der Waals surface area contributed by atoms with E-state index in [2.05, 4.69) is 82.0 Å². The van der Waals surface area contributed by atoms with Gasteiger partial charge in [0.2, 0.25) is 0 Å². The van der Waals surface area contributed by atoms with Gasteiger partial charge in [-0.15, -0.1) is 78.4 Å². The van der Waals surface area contributed by atoms with Crippen molar-refractivity contribution in [2.75, 3.05) is 0 Å². The summed E-state index contributed by atoms with van der Waals surface area (Å²) in [6.45, 7) is 11.7. The van der Waals surface area contributed by atoms with Crippen LogP contribution >= 0.6 is 24.8 Å². The van der Waals surface area contributed by atoms with Crippen molar-refractivity contribution in [2.45, 2.75) is 27.7 Å². The van der Waals surface area contributed by atoms with Crippen LogP contribution in [0.25, 0.3) is 22.0 Å². The molecule has 5 heteroatoms. The molecule has 2 radical (unpaired) electrons. The zero-order chi connectivity index (χ0) is 19.1. The number of rotatable bonds is 1. The van der Waals surface area contributed by atoms with Crippen LogP contribution < -0.4 is 0 Å². The summed E-state index contributed by atoms with van der Waals surface area (Å²) in [4.78, 5) is 4.37. The predicted molar refractivity (Wildman–Crippen MR) is 136 cm³/mol. The molecule has 30 heavy (non-hydrogen) atoms. The van der Waals surface area contributed by atoms with Gasteiger partial charge in [-0.25, -0.2) is 5.57 Å². The van der Waals surface area contributed by atoms with Gasteiger partial charge in [0.05, 0.1) is 0 Å². The van der Waals surface area contributed by atoms with E-state index >= 15 is 0 Å². The molecule has 0 N–H and O–H groups in total. The van der Waals surface area contributed by atoms with Crippen molar-refractivity contribution >= 4 is 42.5 Å². The Morgan fingerprint density at radius 2 is 1.57 bits per heavy atom. The van der Waals surface area contributed by atoms with Gasteiger partial charge >= 0.3 is 30.2 Å². The quantitative estimate of drug-likeness (QED) is 0.230. The van der Waals surface area contributed by atoms with Crippen LogP contribution in [-0.4, -0.2) is 11.9 Å². The van der Waals surface area contributed by atoms with Crippen molar-refractivity contribution in [1.29, 1.82) is 0 Å². The van der Waals surface area contributed by atoms with Gasteiger partial charge in [0.25, 0.3) is 0 Å². The molecule has 1 atom stereocenters. The number of hydrogen-bond acceptors (Lipinski definition) is 1. The van der Waals surface area contributed by atoms with Crippen LogP contribution in [0.15, 0.2) is 77.5 Å². The van der Waals surface area contributed by atoms with Crippen LogP contribution in [0.2, 0.25) is 0 Å². The second-order valence-electron chi connectivity index (χ2n) is 6.35. The Morgan fingerprint density at radius 1 is 0.967 bits per heavy atom. The Bertz CT molecular complexity index is 932. The molecule has 4 rings (SSSR count). The standard InChI is InChI=1S/C14H10N.C9H13.2CH3.2ClH.Si.Zr/c1-2-6-12-11(5-1)8-9-13(12)14-7-3-4-10-15-14;1-6-5-7(2)9(4)8(6)3;;;;;;/h1-10H;6H,1-4H3;2*1H3;2*1H;;/q4*-1;;;;. The molecule has 0 saturated carbocycles. The number of benzene rings is 1. The van der Waals surface area contributed by atoms with Gasteiger partial charge in [-0.2, -0.15) is 11.1 Å².